The van der Waals surface area contributed by atoms with Gasteiger partial charge in [-0.05, 0) is 92.1 Å². The molecule has 1 aromatic heterocycles. The van der Waals surface area contributed by atoms with E-state index in [1.165, 1.54) is 32.3 Å². The van der Waals surface area contributed by atoms with Gasteiger partial charge in [0.05, 0.1) is 10.5 Å². The molecule has 0 saturated carbocycles. The molecule has 0 unspecified atom stereocenters. The minimum atomic E-state index is -3.14. The van der Waals surface area contributed by atoms with Crippen LogP contribution < -0.4 is 0 Å². The van der Waals surface area contributed by atoms with Crippen molar-refractivity contribution in [2.45, 2.75) is 58.0 Å². The highest BCUT2D eigenvalue weighted by Gasteiger charge is 2.28. The van der Waals surface area contributed by atoms with E-state index in [4.69, 9.17) is 0 Å². The molecule has 0 spiro atoms. The van der Waals surface area contributed by atoms with Crippen molar-refractivity contribution in [3.8, 4) is 0 Å². The van der Waals surface area contributed by atoms with Gasteiger partial charge in [-0.2, -0.15) is 0 Å². The second kappa shape index (κ2) is 7.40. The van der Waals surface area contributed by atoms with Crippen molar-refractivity contribution in [2.75, 3.05) is 0 Å². The number of thiophene rings is 1. The van der Waals surface area contributed by atoms with Crippen LogP contribution in [-0.4, -0.2) is 13.2 Å². The normalized spacial score (nSPS) is 12.6. The first-order valence-electron chi connectivity index (χ1n) is 9.35. The Kier molecular flexibility index (Phi) is 5.51. The van der Waals surface area contributed by atoms with Crippen molar-refractivity contribution in [3.63, 3.8) is 0 Å². The van der Waals surface area contributed by atoms with E-state index in [2.05, 4.69) is 43.5 Å². The highest BCUT2D eigenvalue weighted by atomic mass is 32.2. The predicted molar refractivity (Wildman–Crippen MR) is 118 cm³/mol. The lowest BCUT2D eigenvalue weighted by atomic mass is 9.96. The van der Waals surface area contributed by atoms with E-state index in [0.29, 0.717) is 0 Å². The van der Waals surface area contributed by atoms with Crippen LogP contribution in [0, 0.1) is 13.8 Å². The smallest absolute Gasteiger partial charge is 0.159 e. The van der Waals surface area contributed by atoms with Gasteiger partial charge in [0.15, 0.2) is 9.84 Å². The van der Waals surface area contributed by atoms with Gasteiger partial charge in [-0.15, -0.1) is 11.3 Å². The molecular weight excluding hydrogens is 372 g/mol. The SMILES string of the molecule is Cc1cc(CCc2ccc(CS(=O)(=O)C(C)(C)C)cc2)c(C)c2sccc12. The van der Waals surface area contributed by atoms with Crippen LogP contribution in [0.15, 0.2) is 41.8 Å². The zero-order valence-electron chi connectivity index (χ0n) is 16.8. The molecule has 0 aliphatic rings. The van der Waals surface area contributed by atoms with Gasteiger partial charge in [-0.3, -0.25) is 0 Å². The first-order chi connectivity index (χ1) is 12.6. The van der Waals surface area contributed by atoms with Crippen molar-refractivity contribution in [3.05, 3.63) is 69.6 Å². The Hall–Kier alpha value is -1.65. The summed E-state index contributed by atoms with van der Waals surface area (Å²) >= 11 is 1.82. The summed E-state index contributed by atoms with van der Waals surface area (Å²) in [7, 11) is -3.14. The van der Waals surface area contributed by atoms with Gasteiger partial charge in [0.2, 0.25) is 0 Å². The lowest BCUT2D eigenvalue weighted by Gasteiger charge is -2.19. The Bertz CT molecular complexity index is 1050. The fourth-order valence-electron chi connectivity index (χ4n) is 3.28. The lowest BCUT2D eigenvalue weighted by molar-refractivity contribution is 0.559. The highest BCUT2D eigenvalue weighted by Crippen LogP contribution is 2.30. The average Bonchev–Trinajstić information content (AvgIpc) is 3.07. The Labute approximate surface area is 167 Å². The minimum Gasteiger partial charge on any atom is -0.228 e. The highest BCUT2D eigenvalue weighted by molar-refractivity contribution is 7.91. The zero-order chi connectivity index (χ0) is 19.8. The second-order valence-electron chi connectivity index (χ2n) is 8.33. The maximum atomic E-state index is 12.4. The van der Waals surface area contributed by atoms with Gasteiger partial charge in [0, 0.05) is 4.70 Å². The molecule has 0 radical (unpaired) electrons. The van der Waals surface area contributed by atoms with Crippen molar-refractivity contribution < 1.29 is 8.42 Å². The molecule has 0 N–H and O–H groups in total. The topological polar surface area (TPSA) is 34.1 Å². The first kappa shape index (κ1) is 20.1. The van der Waals surface area contributed by atoms with Crippen molar-refractivity contribution >= 4 is 31.3 Å². The molecule has 4 heteroatoms. The third-order valence-corrected chi connectivity index (χ3v) is 8.91. The average molecular weight is 401 g/mol. The molecule has 0 atom stereocenters. The van der Waals surface area contributed by atoms with E-state index < -0.39 is 14.6 Å². The van der Waals surface area contributed by atoms with Crippen LogP contribution in [0.4, 0.5) is 0 Å². The summed E-state index contributed by atoms with van der Waals surface area (Å²) in [6.45, 7) is 9.67. The summed E-state index contributed by atoms with van der Waals surface area (Å²) < 4.78 is 25.4. The largest absolute Gasteiger partial charge is 0.228 e. The molecule has 2 aromatic carbocycles. The molecule has 0 saturated heterocycles. The monoisotopic (exact) mass is 400 g/mol. The van der Waals surface area contributed by atoms with Gasteiger partial charge in [0.25, 0.3) is 0 Å². The van der Waals surface area contributed by atoms with Crippen LogP contribution in [0.3, 0.4) is 0 Å². The minimum absolute atomic E-state index is 0.101. The van der Waals surface area contributed by atoms with Crippen LogP contribution in [0.1, 0.15) is 48.6 Å². The summed E-state index contributed by atoms with van der Waals surface area (Å²) in [5.74, 6) is 0.101. The fourth-order valence-corrected chi connectivity index (χ4v) is 5.35. The Balaban J connectivity index is 1.72. The molecule has 2 nitrogen and oxygen atoms in total. The van der Waals surface area contributed by atoms with Crippen LogP contribution in [0.2, 0.25) is 0 Å². The maximum Gasteiger partial charge on any atom is 0.159 e. The van der Waals surface area contributed by atoms with E-state index >= 15 is 0 Å². The number of benzene rings is 2. The summed E-state index contributed by atoms with van der Waals surface area (Å²) in [4.78, 5) is 0. The van der Waals surface area contributed by atoms with Crippen molar-refractivity contribution in [1.82, 2.24) is 0 Å². The van der Waals surface area contributed by atoms with Gasteiger partial charge < -0.3 is 0 Å². The predicted octanol–water partition coefficient (Wildman–Crippen LogP) is 6.02. The standard InChI is InChI=1S/C23H28O2S2/c1-16-14-20(17(2)22-21(16)12-13-26-22)11-10-18-6-8-19(9-7-18)15-27(24,25)23(3,4)5/h6-9,12-14H,10-11,15H2,1-5H3. The first-order valence-corrected chi connectivity index (χ1v) is 11.9. The molecule has 3 aromatic rings. The van der Waals surface area contributed by atoms with E-state index in [1.54, 1.807) is 20.8 Å². The summed E-state index contributed by atoms with van der Waals surface area (Å²) in [5, 5.41) is 3.53. The number of rotatable bonds is 5. The van der Waals surface area contributed by atoms with Crippen LogP contribution in [0.5, 0.6) is 0 Å². The molecule has 0 bridgehead atoms. The van der Waals surface area contributed by atoms with Crippen molar-refractivity contribution in [1.29, 1.82) is 0 Å². The zero-order valence-corrected chi connectivity index (χ0v) is 18.4. The number of hydrogen-bond acceptors (Lipinski definition) is 3. The third-order valence-electron chi connectivity index (χ3n) is 5.30. The van der Waals surface area contributed by atoms with Crippen LogP contribution in [0.25, 0.3) is 10.1 Å². The van der Waals surface area contributed by atoms with E-state index in [0.717, 1.165) is 18.4 Å². The molecule has 0 amide bonds. The molecular formula is C23H28O2S2. The molecule has 0 aliphatic heterocycles. The van der Waals surface area contributed by atoms with E-state index in [9.17, 15) is 8.42 Å². The Morgan fingerprint density at radius 2 is 1.56 bits per heavy atom. The van der Waals surface area contributed by atoms with E-state index in [1.807, 2.05) is 23.5 Å². The molecule has 3 rings (SSSR count). The van der Waals surface area contributed by atoms with Gasteiger partial charge >= 0.3 is 0 Å². The Morgan fingerprint density at radius 1 is 0.926 bits per heavy atom. The van der Waals surface area contributed by atoms with Crippen molar-refractivity contribution in [2.24, 2.45) is 0 Å². The molecule has 27 heavy (non-hydrogen) atoms. The van der Waals surface area contributed by atoms with E-state index in [-0.39, 0.29) is 5.75 Å². The van der Waals surface area contributed by atoms with Gasteiger partial charge in [0.1, 0.15) is 0 Å². The molecule has 0 aliphatic carbocycles. The Morgan fingerprint density at radius 3 is 2.19 bits per heavy atom. The summed E-state index contributed by atoms with van der Waals surface area (Å²) in [6, 6.07) is 12.6. The molecule has 144 valence electrons. The van der Waals surface area contributed by atoms with Crippen LogP contribution in [-0.2, 0) is 28.4 Å². The molecule has 1 heterocycles. The second-order valence-corrected chi connectivity index (χ2v) is 12.0. The quantitative estimate of drug-likeness (QED) is 0.525. The number of hydrogen-bond donors (Lipinski definition) is 0. The number of sulfone groups is 1. The summed E-state index contributed by atoms with van der Waals surface area (Å²) in [5.41, 5.74) is 6.24. The number of aryl methyl sites for hydroxylation is 4. The molecule has 0 fully saturated rings. The van der Waals surface area contributed by atoms with Crippen LogP contribution >= 0.6 is 11.3 Å². The maximum absolute atomic E-state index is 12.4. The van der Waals surface area contributed by atoms with Gasteiger partial charge in [-0.1, -0.05) is 30.3 Å². The fraction of sp³-hybridized carbons (Fsp3) is 0.391. The van der Waals surface area contributed by atoms with Gasteiger partial charge in [-0.25, -0.2) is 8.42 Å². The number of fused-ring (bicyclic) bond motifs is 1. The lowest BCUT2D eigenvalue weighted by Crippen LogP contribution is -2.29. The third kappa shape index (κ3) is 4.27. The summed E-state index contributed by atoms with van der Waals surface area (Å²) in [6.07, 6.45) is 1.96.